The highest BCUT2D eigenvalue weighted by Gasteiger charge is 2.03. The van der Waals surface area contributed by atoms with Crippen molar-refractivity contribution in [3.8, 4) is 5.69 Å². The standard InChI is InChI=1S/C19H21N3O/c1-15(2)16-6-8-19(9-7-16)22-11-18(21-14-22)13-23-12-17-5-3-4-10-20-17/h3-11,14-15H,12-13H2,1-2H3. The molecule has 0 radical (unpaired) electrons. The fourth-order valence-corrected chi connectivity index (χ4v) is 2.35. The van der Waals surface area contributed by atoms with Gasteiger partial charge in [0.25, 0.3) is 0 Å². The van der Waals surface area contributed by atoms with Crippen LogP contribution in [0.4, 0.5) is 0 Å². The summed E-state index contributed by atoms with van der Waals surface area (Å²) < 4.78 is 7.68. The number of ether oxygens (including phenoxy) is 1. The van der Waals surface area contributed by atoms with Crippen molar-refractivity contribution in [2.45, 2.75) is 33.0 Å². The first-order chi connectivity index (χ1) is 11.2. The van der Waals surface area contributed by atoms with Crippen molar-refractivity contribution in [2.24, 2.45) is 0 Å². The first kappa shape index (κ1) is 15.4. The number of hydrogen-bond acceptors (Lipinski definition) is 3. The van der Waals surface area contributed by atoms with Crippen LogP contribution in [-0.2, 0) is 18.0 Å². The second-order valence-corrected chi connectivity index (χ2v) is 5.83. The maximum absolute atomic E-state index is 5.67. The van der Waals surface area contributed by atoms with Gasteiger partial charge in [0.05, 0.1) is 30.9 Å². The molecule has 0 bridgehead atoms. The first-order valence-corrected chi connectivity index (χ1v) is 7.83. The van der Waals surface area contributed by atoms with Crippen molar-refractivity contribution in [3.63, 3.8) is 0 Å². The summed E-state index contributed by atoms with van der Waals surface area (Å²) >= 11 is 0. The van der Waals surface area contributed by atoms with Crippen molar-refractivity contribution in [2.75, 3.05) is 0 Å². The molecular weight excluding hydrogens is 286 g/mol. The van der Waals surface area contributed by atoms with Gasteiger partial charge in [0.15, 0.2) is 0 Å². The van der Waals surface area contributed by atoms with Crippen LogP contribution in [0.3, 0.4) is 0 Å². The summed E-state index contributed by atoms with van der Waals surface area (Å²) in [7, 11) is 0. The van der Waals surface area contributed by atoms with Crippen LogP contribution in [0.15, 0.2) is 61.2 Å². The Balaban J connectivity index is 1.59. The van der Waals surface area contributed by atoms with Crippen LogP contribution < -0.4 is 0 Å². The molecule has 4 heteroatoms. The molecule has 118 valence electrons. The molecule has 1 aromatic carbocycles. The first-order valence-electron chi connectivity index (χ1n) is 7.83. The average Bonchev–Trinajstić information content (AvgIpc) is 3.05. The smallest absolute Gasteiger partial charge is 0.0996 e. The zero-order valence-corrected chi connectivity index (χ0v) is 13.5. The molecule has 0 atom stereocenters. The molecule has 0 N–H and O–H groups in total. The van der Waals surface area contributed by atoms with Crippen LogP contribution in [0.2, 0.25) is 0 Å². The molecule has 0 unspecified atom stereocenters. The molecule has 0 aliphatic heterocycles. The minimum atomic E-state index is 0.480. The predicted molar refractivity (Wildman–Crippen MR) is 90.4 cm³/mol. The second-order valence-electron chi connectivity index (χ2n) is 5.83. The van der Waals surface area contributed by atoms with Crippen molar-refractivity contribution in [1.29, 1.82) is 0 Å². The number of benzene rings is 1. The maximum atomic E-state index is 5.67. The maximum Gasteiger partial charge on any atom is 0.0996 e. The number of nitrogens with zero attached hydrogens (tertiary/aromatic N) is 3. The summed E-state index contributed by atoms with van der Waals surface area (Å²) in [4.78, 5) is 8.63. The Morgan fingerprint density at radius 2 is 1.74 bits per heavy atom. The molecule has 2 aromatic heterocycles. The highest BCUT2D eigenvalue weighted by atomic mass is 16.5. The van der Waals surface area contributed by atoms with Gasteiger partial charge in [-0.2, -0.15) is 0 Å². The van der Waals surface area contributed by atoms with Gasteiger partial charge in [0, 0.05) is 18.1 Å². The quantitative estimate of drug-likeness (QED) is 0.688. The third-order valence-electron chi connectivity index (χ3n) is 3.72. The Labute approximate surface area is 136 Å². The fourth-order valence-electron chi connectivity index (χ4n) is 2.35. The average molecular weight is 307 g/mol. The molecule has 0 aliphatic rings. The lowest BCUT2D eigenvalue weighted by atomic mass is 10.0. The number of pyridine rings is 1. The van der Waals surface area contributed by atoms with E-state index in [-0.39, 0.29) is 0 Å². The molecule has 3 aromatic rings. The van der Waals surface area contributed by atoms with E-state index in [1.807, 2.05) is 35.3 Å². The summed E-state index contributed by atoms with van der Waals surface area (Å²) in [6.07, 6.45) is 5.60. The summed E-state index contributed by atoms with van der Waals surface area (Å²) in [6, 6.07) is 14.4. The van der Waals surface area contributed by atoms with Gasteiger partial charge < -0.3 is 9.30 Å². The number of hydrogen-bond donors (Lipinski definition) is 0. The number of imidazole rings is 1. The Bertz CT molecular complexity index is 733. The fraction of sp³-hybridized carbons (Fsp3) is 0.263. The SMILES string of the molecule is CC(C)c1ccc(-n2cnc(COCc3ccccn3)c2)cc1. The molecule has 0 saturated carbocycles. The van der Waals surface area contributed by atoms with Gasteiger partial charge in [-0.15, -0.1) is 0 Å². The highest BCUT2D eigenvalue weighted by molar-refractivity contribution is 5.36. The van der Waals surface area contributed by atoms with E-state index in [4.69, 9.17) is 4.74 Å². The normalized spacial score (nSPS) is 11.1. The number of aromatic nitrogens is 3. The Hall–Kier alpha value is -2.46. The predicted octanol–water partition coefficient (Wildman–Crippen LogP) is 4.11. The highest BCUT2D eigenvalue weighted by Crippen LogP contribution is 2.17. The lowest BCUT2D eigenvalue weighted by Gasteiger charge is -2.07. The summed E-state index contributed by atoms with van der Waals surface area (Å²) in [5, 5.41) is 0. The van der Waals surface area contributed by atoms with Gasteiger partial charge in [-0.25, -0.2) is 4.98 Å². The Morgan fingerprint density at radius 3 is 2.43 bits per heavy atom. The van der Waals surface area contributed by atoms with E-state index in [0.717, 1.165) is 17.1 Å². The molecule has 4 nitrogen and oxygen atoms in total. The van der Waals surface area contributed by atoms with Crippen molar-refractivity contribution >= 4 is 0 Å². The van der Waals surface area contributed by atoms with Crippen molar-refractivity contribution in [3.05, 3.63) is 78.1 Å². The third-order valence-corrected chi connectivity index (χ3v) is 3.72. The van der Waals surface area contributed by atoms with Gasteiger partial charge >= 0.3 is 0 Å². The van der Waals surface area contributed by atoms with Crippen LogP contribution in [0.25, 0.3) is 5.69 Å². The Kier molecular flexibility index (Phi) is 4.83. The Morgan fingerprint density at radius 1 is 0.957 bits per heavy atom. The van der Waals surface area contributed by atoms with Crippen molar-refractivity contribution < 1.29 is 4.74 Å². The van der Waals surface area contributed by atoms with E-state index >= 15 is 0 Å². The van der Waals surface area contributed by atoms with Gasteiger partial charge in [0.2, 0.25) is 0 Å². The summed E-state index contributed by atoms with van der Waals surface area (Å²) in [5.41, 5.74) is 4.29. The van der Waals surface area contributed by atoms with Crippen LogP contribution >= 0.6 is 0 Å². The molecule has 0 aliphatic carbocycles. The topological polar surface area (TPSA) is 39.9 Å². The zero-order valence-electron chi connectivity index (χ0n) is 13.5. The van der Waals surface area contributed by atoms with E-state index in [0.29, 0.717) is 19.1 Å². The van der Waals surface area contributed by atoms with E-state index < -0.39 is 0 Å². The van der Waals surface area contributed by atoms with E-state index in [9.17, 15) is 0 Å². The van der Waals surface area contributed by atoms with Crippen LogP contribution in [-0.4, -0.2) is 14.5 Å². The molecule has 0 saturated heterocycles. The van der Waals surface area contributed by atoms with Crippen LogP contribution in [0.1, 0.15) is 36.7 Å². The molecule has 0 fully saturated rings. The lowest BCUT2D eigenvalue weighted by Crippen LogP contribution is -1.96. The molecular formula is C19H21N3O. The minimum Gasteiger partial charge on any atom is -0.369 e. The van der Waals surface area contributed by atoms with Crippen LogP contribution in [0.5, 0.6) is 0 Å². The van der Waals surface area contributed by atoms with E-state index in [1.165, 1.54) is 5.56 Å². The lowest BCUT2D eigenvalue weighted by molar-refractivity contribution is 0.102. The van der Waals surface area contributed by atoms with E-state index in [1.54, 1.807) is 6.20 Å². The largest absolute Gasteiger partial charge is 0.369 e. The zero-order chi connectivity index (χ0) is 16.1. The molecule has 23 heavy (non-hydrogen) atoms. The van der Waals surface area contributed by atoms with Gasteiger partial charge in [0.1, 0.15) is 0 Å². The molecule has 0 amide bonds. The minimum absolute atomic E-state index is 0.480. The van der Waals surface area contributed by atoms with Crippen LogP contribution in [0, 0.1) is 0 Å². The molecule has 0 spiro atoms. The molecule has 3 rings (SSSR count). The number of rotatable bonds is 6. The summed E-state index contributed by atoms with van der Waals surface area (Å²) in [5.74, 6) is 0.544. The second kappa shape index (κ2) is 7.20. The van der Waals surface area contributed by atoms with Gasteiger partial charge in [-0.05, 0) is 35.7 Å². The van der Waals surface area contributed by atoms with Crippen molar-refractivity contribution in [1.82, 2.24) is 14.5 Å². The molecule has 2 heterocycles. The monoisotopic (exact) mass is 307 g/mol. The summed E-state index contributed by atoms with van der Waals surface area (Å²) in [6.45, 7) is 5.37. The third kappa shape index (κ3) is 4.05. The van der Waals surface area contributed by atoms with E-state index in [2.05, 4.69) is 48.1 Å². The van der Waals surface area contributed by atoms with Gasteiger partial charge in [-0.3, -0.25) is 4.98 Å². The van der Waals surface area contributed by atoms with Gasteiger partial charge in [-0.1, -0.05) is 32.0 Å².